The number of hydrogen-bond acceptors (Lipinski definition) is 8. The number of ether oxygens (including phenoxy) is 2. The molecule has 3 aliphatic heterocycles. The van der Waals surface area contributed by atoms with Crippen LogP contribution in [0.1, 0.15) is 31.7 Å². The molecule has 1 amide bonds. The predicted molar refractivity (Wildman–Crippen MR) is 133 cm³/mol. The molecule has 0 aliphatic carbocycles. The van der Waals surface area contributed by atoms with Gasteiger partial charge < -0.3 is 29.9 Å². The van der Waals surface area contributed by atoms with E-state index in [-0.39, 0.29) is 18.6 Å². The molecule has 1 aromatic rings. The number of carbonyl (C=O) groups excluding carboxylic acids is 1. The fourth-order valence-electron chi connectivity index (χ4n) is 5.21. The van der Waals surface area contributed by atoms with Crippen LogP contribution in [0.4, 0.5) is 0 Å². The second-order valence-electron chi connectivity index (χ2n) is 9.98. The van der Waals surface area contributed by atoms with Gasteiger partial charge in [0, 0.05) is 65.0 Å². The van der Waals surface area contributed by atoms with E-state index in [2.05, 4.69) is 34.2 Å². The highest BCUT2D eigenvalue weighted by atomic mass is 16.5. The van der Waals surface area contributed by atoms with Crippen molar-refractivity contribution >= 4 is 5.91 Å². The Balaban J connectivity index is 1.14. The molecule has 3 fully saturated rings. The maximum Gasteiger partial charge on any atom is 0.260 e. The normalized spacial score (nSPS) is 27.2. The molecule has 9 nitrogen and oxygen atoms in total. The summed E-state index contributed by atoms with van der Waals surface area (Å²) in [5.74, 6) is 0.783. The fraction of sp³-hybridized carbons (Fsp3) is 0.731. The van der Waals surface area contributed by atoms with Gasteiger partial charge in [-0.2, -0.15) is 0 Å². The van der Waals surface area contributed by atoms with Crippen molar-refractivity contribution in [2.24, 2.45) is 0 Å². The van der Waals surface area contributed by atoms with Crippen LogP contribution in [0.3, 0.4) is 0 Å². The zero-order chi connectivity index (χ0) is 24.6. The fourth-order valence-corrected chi connectivity index (χ4v) is 5.21. The van der Waals surface area contributed by atoms with Gasteiger partial charge in [-0.05, 0) is 43.5 Å². The quantitative estimate of drug-likeness (QED) is 0.455. The van der Waals surface area contributed by atoms with E-state index < -0.39 is 12.2 Å². The first-order chi connectivity index (χ1) is 17.0. The highest BCUT2D eigenvalue weighted by Gasteiger charge is 2.33. The molecule has 35 heavy (non-hydrogen) atoms. The largest absolute Gasteiger partial charge is 0.484 e. The van der Waals surface area contributed by atoms with Crippen molar-refractivity contribution in [3.8, 4) is 5.75 Å². The monoisotopic (exact) mass is 490 g/mol. The molecule has 3 aliphatic rings. The minimum Gasteiger partial charge on any atom is -0.484 e. The van der Waals surface area contributed by atoms with E-state index in [1.54, 1.807) is 0 Å². The van der Waals surface area contributed by atoms with Gasteiger partial charge in [-0.25, -0.2) is 0 Å². The lowest BCUT2D eigenvalue weighted by Crippen LogP contribution is -2.54. The molecule has 0 spiro atoms. The minimum atomic E-state index is -0.798. The number of hydrogen-bond donors (Lipinski definition) is 3. The van der Waals surface area contributed by atoms with E-state index in [1.165, 1.54) is 5.56 Å². The topological polar surface area (TPSA) is 97.7 Å². The Labute approximate surface area is 209 Å². The van der Waals surface area contributed by atoms with E-state index in [0.717, 1.165) is 70.9 Å². The summed E-state index contributed by atoms with van der Waals surface area (Å²) in [7, 11) is 0. The Kier molecular flexibility index (Phi) is 9.76. The number of likely N-dealkylation sites (tertiary alicyclic amines) is 1. The van der Waals surface area contributed by atoms with Crippen LogP contribution in [-0.4, -0.2) is 121 Å². The number of nitrogens with zero attached hydrogens (tertiary/aromatic N) is 3. The molecule has 9 heteroatoms. The van der Waals surface area contributed by atoms with Crippen molar-refractivity contribution in [1.29, 1.82) is 0 Å². The highest BCUT2D eigenvalue weighted by Crippen LogP contribution is 2.19. The number of benzene rings is 1. The van der Waals surface area contributed by atoms with Crippen molar-refractivity contribution in [3.63, 3.8) is 0 Å². The van der Waals surface area contributed by atoms with Crippen LogP contribution in [0.5, 0.6) is 5.75 Å². The van der Waals surface area contributed by atoms with Crippen LogP contribution >= 0.6 is 0 Å². The third-order valence-electron chi connectivity index (χ3n) is 7.46. The number of amides is 1. The Morgan fingerprint density at radius 1 is 1.03 bits per heavy atom. The predicted octanol–water partition coefficient (Wildman–Crippen LogP) is 0.294. The van der Waals surface area contributed by atoms with Gasteiger partial charge in [-0.15, -0.1) is 0 Å². The van der Waals surface area contributed by atoms with Crippen molar-refractivity contribution < 1.29 is 24.5 Å². The van der Waals surface area contributed by atoms with Gasteiger partial charge >= 0.3 is 0 Å². The summed E-state index contributed by atoms with van der Waals surface area (Å²) in [6.07, 6.45) is 0.717. The van der Waals surface area contributed by atoms with Gasteiger partial charge in [-0.3, -0.25) is 14.6 Å². The first-order valence-electron chi connectivity index (χ1n) is 13.2. The Morgan fingerprint density at radius 2 is 1.71 bits per heavy atom. The van der Waals surface area contributed by atoms with Gasteiger partial charge in [0.2, 0.25) is 0 Å². The van der Waals surface area contributed by atoms with E-state index in [1.807, 2.05) is 17.0 Å². The Hall–Kier alpha value is -1.75. The van der Waals surface area contributed by atoms with Crippen LogP contribution in [0.25, 0.3) is 0 Å². The summed E-state index contributed by atoms with van der Waals surface area (Å²) in [6.45, 7) is 10.5. The van der Waals surface area contributed by atoms with E-state index >= 15 is 0 Å². The standard InChI is InChI=1S/C26H42N4O5/c1-2-27-21-7-10-30(11-8-21)25(32)19-35-22-5-3-20(4-6-22)17-28-12-14-29(15-13-28)18-24-26(33)23(31)9-16-34-24/h3-6,21,23-24,26-27,31,33H,2,7-19H2,1H3. The number of nitrogens with one attached hydrogen (secondary N) is 1. The van der Waals surface area contributed by atoms with E-state index in [0.29, 0.717) is 25.6 Å². The van der Waals surface area contributed by atoms with Crippen molar-refractivity contribution in [1.82, 2.24) is 20.0 Å². The molecule has 1 aromatic carbocycles. The summed E-state index contributed by atoms with van der Waals surface area (Å²) >= 11 is 0. The summed E-state index contributed by atoms with van der Waals surface area (Å²) in [5, 5.41) is 23.5. The van der Waals surface area contributed by atoms with Crippen LogP contribution in [0.2, 0.25) is 0 Å². The highest BCUT2D eigenvalue weighted by molar-refractivity contribution is 5.77. The Bertz CT molecular complexity index is 778. The van der Waals surface area contributed by atoms with Crippen LogP contribution in [0.15, 0.2) is 24.3 Å². The Morgan fingerprint density at radius 3 is 2.40 bits per heavy atom. The lowest BCUT2D eigenvalue weighted by atomic mass is 10.0. The average Bonchev–Trinajstić information content (AvgIpc) is 2.88. The summed E-state index contributed by atoms with van der Waals surface area (Å²) in [6, 6.07) is 8.56. The number of aliphatic hydroxyl groups excluding tert-OH is 2. The number of carbonyl (C=O) groups is 1. The summed E-state index contributed by atoms with van der Waals surface area (Å²) in [4.78, 5) is 19.1. The number of piperidine rings is 1. The van der Waals surface area contributed by atoms with Crippen molar-refractivity contribution in [2.45, 2.75) is 57.1 Å². The van der Waals surface area contributed by atoms with E-state index in [4.69, 9.17) is 9.47 Å². The zero-order valence-electron chi connectivity index (χ0n) is 21.0. The second-order valence-corrected chi connectivity index (χ2v) is 9.98. The molecule has 0 radical (unpaired) electrons. The molecule has 3 saturated heterocycles. The number of aliphatic hydroxyl groups is 2. The molecule has 3 unspecified atom stereocenters. The zero-order valence-corrected chi connectivity index (χ0v) is 21.0. The van der Waals surface area contributed by atoms with Crippen LogP contribution in [0, 0.1) is 0 Å². The maximum atomic E-state index is 12.5. The lowest BCUT2D eigenvalue weighted by Gasteiger charge is -2.39. The van der Waals surface area contributed by atoms with Gasteiger partial charge in [0.1, 0.15) is 11.9 Å². The molecule has 0 bridgehead atoms. The van der Waals surface area contributed by atoms with E-state index in [9.17, 15) is 15.0 Å². The first-order valence-corrected chi connectivity index (χ1v) is 13.2. The molecule has 3 N–H and O–H groups in total. The van der Waals surface area contributed by atoms with Crippen LogP contribution < -0.4 is 10.1 Å². The van der Waals surface area contributed by atoms with Crippen LogP contribution in [-0.2, 0) is 16.1 Å². The van der Waals surface area contributed by atoms with Crippen molar-refractivity contribution in [2.75, 3.05) is 65.6 Å². The molecule has 3 heterocycles. The lowest BCUT2D eigenvalue weighted by molar-refractivity contribution is -0.143. The van der Waals surface area contributed by atoms with Gasteiger partial charge in [-0.1, -0.05) is 19.1 Å². The molecule has 196 valence electrons. The molecule has 4 rings (SSSR count). The number of piperazine rings is 1. The minimum absolute atomic E-state index is 0.0579. The maximum absolute atomic E-state index is 12.5. The van der Waals surface area contributed by atoms with Crippen molar-refractivity contribution in [3.05, 3.63) is 29.8 Å². The average molecular weight is 491 g/mol. The first kappa shape index (κ1) is 26.3. The molecular formula is C26H42N4O5. The molecule has 3 atom stereocenters. The number of rotatable bonds is 9. The summed E-state index contributed by atoms with van der Waals surface area (Å²) < 4.78 is 11.4. The SMILES string of the molecule is CCNC1CCN(C(=O)COc2ccc(CN3CCN(CC4OCCC(O)C4O)CC3)cc2)CC1. The summed E-state index contributed by atoms with van der Waals surface area (Å²) in [5.41, 5.74) is 1.22. The smallest absolute Gasteiger partial charge is 0.260 e. The molecule has 0 aromatic heterocycles. The second kappa shape index (κ2) is 13.0. The molecular weight excluding hydrogens is 448 g/mol. The molecule has 0 saturated carbocycles. The van der Waals surface area contributed by atoms with Gasteiger partial charge in [0.25, 0.3) is 5.91 Å². The van der Waals surface area contributed by atoms with Gasteiger partial charge in [0.05, 0.1) is 12.2 Å². The third kappa shape index (κ3) is 7.62. The third-order valence-corrected chi connectivity index (χ3v) is 7.46. The van der Waals surface area contributed by atoms with Gasteiger partial charge in [0.15, 0.2) is 6.61 Å².